The molecule has 1 amide bonds. The number of para-hydroxylation sites is 1. The number of benzene rings is 2. The van der Waals surface area contributed by atoms with Gasteiger partial charge in [-0.05, 0) is 63.1 Å². The molecule has 24 heavy (non-hydrogen) atoms. The SMILES string of the molecule is CCN(C(=O)CC(CN)c1c(C)cc(C)cc1C)c1ccccc1. The van der Waals surface area contributed by atoms with Gasteiger partial charge < -0.3 is 10.6 Å². The topological polar surface area (TPSA) is 46.3 Å². The minimum absolute atomic E-state index is 0.0517. The molecule has 0 saturated heterocycles. The zero-order valence-corrected chi connectivity index (χ0v) is 15.2. The number of hydrogen-bond acceptors (Lipinski definition) is 2. The third-order valence-electron chi connectivity index (χ3n) is 4.54. The molecule has 0 aliphatic heterocycles. The number of nitrogens with zero attached hydrogens (tertiary/aromatic N) is 1. The number of amides is 1. The smallest absolute Gasteiger partial charge is 0.227 e. The first kappa shape index (κ1) is 18.2. The average molecular weight is 324 g/mol. The average Bonchev–Trinajstić information content (AvgIpc) is 2.54. The zero-order valence-electron chi connectivity index (χ0n) is 15.2. The minimum Gasteiger partial charge on any atom is -0.330 e. The van der Waals surface area contributed by atoms with Gasteiger partial charge in [0.05, 0.1) is 0 Å². The molecule has 128 valence electrons. The highest BCUT2D eigenvalue weighted by molar-refractivity contribution is 5.93. The standard InChI is InChI=1S/C21H28N2O/c1-5-23(19-9-7-6-8-10-19)20(24)13-18(14-22)21-16(3)11-15(2)12-17(21)4/h6-12,18H,5,13-14,22H2,1-4H3. The highest BCUT2D eigenvalue weighted by Gasteiger charge is 2.22. The Kier molecular flexibility index (Phi) is 6.16. The Balaban J connectivity index is 2.25. The number of rotatable bonds is 6. The Morgan fingerprint density at radius 1 is 1.08 bits per heavy atom. The van der Waals surface area contributed by atoms with Crippen LogP contribution in [0.2, 0.25) is 0 Å². The number of hydrogen-bond donors (Lipinski definition) is 1. The van der Waals surface area contributed by atoms with E-state index in [9.17, 15) is 4.79 Å². The van der Waals surface area contributed by atoms with Crippen molar-refractivity contribution in [2.75, 3.05) is 18.0 Å². The maximum atomic E-state index is 12.9. The van der Waals surface area contributed by atoms with Crippen molar-refractivity contribution in [3.63, 3.8) is 0 Å². The van der Waals surface area contributed by atoms with Crippen LogP contribution in [0.3, 0.4) is 0 Å². The molecule has 0 bridgehead atoms. The van der Waals surface area contributed by atoms with E-state index in [4.69, 9.17) is 5.73 Å². The first-order valence-electron chi connectivity index (χ1n) is 8.61. The second-order valence-corrected chi connectivity index (χ2v) is 6.42. The van der Waals surface area contributed by atoms with Crippen LogP contribution in [0, 0.1) is 20.8 Å². The molecular formula is C21H28N2O. The molecule has 2 aromatic carbocycles. The van der Waals surface area contributed by atoms with Crippen LogP contribution < -0.4 is 10.6 Å². The van der Waals surface area contributed by atoms with Gasteiger partial charge in [-0.25, -0.2) is 0 Å². The van der Waals surface area contributed by atoms with E-state index in [1.54, 1.807) is 0 Å². The maximum Gasteiger partial charge on any atom is 0.227 e. The molecular weight excluding hydrogens is 296 g/mol. The summed E-state index contributed by atoms with van der Waals surface area (Å²) in [6, 6.07) is 14.2. The lowest BCUT2D eigenvalue weighted by Crippen LogP contribution is -2.33. The molecule has 0 heterocycles. The highest BCUT2D eigenvalue weighted by atomic mass is 16.2. The molecule has 0 aliphatic carbocycles. The van der Waals surface area contributed by atoms with Gasteiger partial charge in [0.2, 0.25) is 5.91 Å². The van der Waals surface area contributed by atoms with E-state index in [-0.39, 0.29) is 11.8 Å². The summed E-state index contributed by atoms with van der Waals surface area (Å²) in [5.41, 5.74) is 11.9. The van der Waals surface area contributed by atoms with E-state index in [0.717, 1.165) is 5.69 Å². The fourth-order valence-corrected chi connectivity index (χ4v) is 3.57. The van der Waals surface area contributed by atoms with Gasteiger partial charge in [-0.3, -0.25) is 4.79 Å². The van der Waals surface area contributed by atoms with Gasteiger partial charge in [0.1, 0.15) is 0 Å². The number of anilines is 1. The molecule has 0 radical (unpaired) electrons. The second-order valence-electron chi connectivity index (χ2n) is 6.42. The van der Waals surface area contributed by atoms with E-state index >= 15 is 0 Å². The van der Waals surface area contributed by atoms with E-state index in [0.29, 0.717) is 19.5 Å². The molecule has 3 nitrogen and oxygen atoms in total. The molecule has 2 rings (SSSR count). The third kappa shape index (κ3) is 4.04. The Morgan fingerprint density at radius 3 is 2.17 bits per heavy atom. The molecule has 0 spiro atoms. The van der Waals surface area contributed by atoms with Crippen LogP contribution in [0.15, 0.2) is 42.5 Å². The molecule has 0 aromatic heterocycles. The van der Waals surface area contributed by atoms with Gasteiger partial charge in [-0.2, -0.15) is 0 Å². The molecule has 0 fully saturated rings. The van der Waals surface area contributed by atoms with Crippen LogP contribution >= 0.6 is 0 Å². The Labute approximate surface area is 145 Å². The number of nitrogens with two attached hydrogens (primary N) is 1. The number of aryl methyl sites for hydroxylation is 3. The summed E-state index contributed by atoms with van der Waals surface area (Å²) in [5.74, 6) is 0.175. The monoisotopic (exact) mass is 324 g/mol. The van der Waals surface area contributed by atoms with Crippen LogP contribution in [0.5, 0.6) is 0 Å². The van der Waals surface area contributed by atoms with Gasteiger partial charge in [0.15, 0.2) is 0 Å². The van der Waals surface area contributed by atoms with Crippen LogP contribution in [0.4, 0.5) is 5.69 Å². The number of carbonyl (C=O) groups excluding carboxylic acids is 1. The molecule has 0 saturated carbocycles. The lowest BCUT2D eigenvalue weighted by Gasteiger charge is -2.25. The third-order valence-corrected chi connectivity index (χ3v) is 4.54. The Morgan fingerprint density at radius 2 is 1.67 bits per heavy atom. The molecule has 3 heteroatoms. The van der Waals surface area contributed by atoms with Crippen LogP contribution in [-0.2, 0) is 4.79 Å². The lowest BCUT2D eigenvalue weighted by atomic mass is 9.87. The molecule has 2 N–H and O–H groups in total. The Hall–Kier alpha value is -2.13. The van der Waals surface area contributed by atoms with Gasteiger partial charge in [0, 0.05) is 24.6 Å². The first-order chi connectivity index (χ1) is 11.5. The van der Waals surface area contributed by atoms with Crippen LogP contribution in [0.1, 0.15) is 41.5 Å². The van der Waals surface area contributed by atoms with E-state index < -0.39 is 0 Å². The molecule has 0 aliphatic rings. The fourth-order valence-electron chi connectivity index (χ4n) is 3.57. The maximum absolute atomic E-state index is 12.9. The van der Waals surface area contributed by atoms with Crippen molar-refractivity contribution in [3.8, 4) is 0 Å². The van der Waals surface area contributed by atoms with Gasteiger partial charge in [0.25, 0.3) is 0 Å². The summed E-state index contributed by atoms with van der Waals surface area (Å²) in [6.45, 7) is 9.45. The van der Waals surface area contributed by atoms with E-state index in [1.807, 2.05) is 42.2 Å². The predicted molar refractivity (Wildman–Crippen MR) is 102 cm³/mol. The second kappa shape index (κ2) is 8.11. The normalized spacial score (nSPS) is 12.0. The van der Waals surface area contributed by atoms with Gasteiger partial charge in [-0.15, -0.1) is 0 Å². The molecule has 1 unspecified atom stereocenters. The van der Waals surface area contributed by atoms with E-state index in [1.165, 1.54) is 22.3 Å². The predicted octanol–water partition coefficient (Wildman–Crippen LogP) is 4.10. The van der Waals surface area contributed by atoms with Crippen molar-refractivity contribution in [2.45, 2.75) is 40.0 Å². The van der Waals surface area contributed by atoms with Crippen molar-refractivity contribution in [3.05, 3.63) is 64.7 Å². The van der Waals surface area contributed by atoms with Gasteiger partial charge in [-0.1, -0.05) is 35.9 Å². The summed E-state index contributed by atoms with van der Waals surface area (Å²) >= 11 is 0. The zero-order chi connectivity index (χ0) is 17.7. The van der Waals surface area contributed by atoms with Crippen molar-refractivity contribution in [1.29, 1.82) is 0 Å². The largest absolute Gasteiger partial charge is 0.330 e. The quantitative estimate of drug-likeness (QED) is 0.869. The van der Waals surface area contributed by atoms with Gasteiger partial charge >= 0.3 is 0 Å². The van der Waals surface area contributed by atoms with Crippen molar-refractivity contribution < 1.29 is 4.79 Å². The molecule has 1 atom stereocenters. The van der Waals surface area contributed by atoms with Crippen molar-refractivity contribution >= 4 is 11.6 Å². The first-order valence-corrected chi connectivity index (χ1v) is 8.61. The van der Waals surface area contributed by atoms with Crippen molar-refractivity contribution in [1.82, 2.24) is 0 Å². The lowest BCUT2D eigenvalue weighted by molar-refractivity contribution is -0.118. The summed E-state index contributed by atoms with van der Waals surface area (Å²) in [7, 11) is 0. The molecule has 2 aromatic rings. The van der Waals surface area contributed by atoms with Crippen LogP contribution in [-0.4, -0.2) is 19.0 Å². The summed E-state index contributed by atoms with van der Waals surface area (Å²) in [4.78, 5) is 14.7. The Bertz CT molecular complexity index is 671. The fraction of sp³-hybridized carbons (Fsp3) is 0.381. The highest BCUT2D eigenvalue weighted by Crippen LogP contribution is 2.28. The summed E-state index contributed by atoms with van der Waals surface area (Å²) in [6.07, 6.45) is 0.434. The number of carbonyl (C=O) groups is 1. The van der Waals surface area contributed by atoms with Crippen molar-refractivity contribution in [2.24, 2.45) is 5.73 Å². The van der Waals surface area contributed by atoms with E-state index in [2.05, 4.69) is 32.9 Å². The summed E-state index contributed by atoms with van der Waals surface area (Å²) in [5, 5.41) is 0. The summed E-state index contributed by atoms with van der Waals surface area (Å²) < 4.78 is 0. The minimum atomic E-state index is 0.0517. The van der Waals surface area contributed by atoms with Crippen LogP contribution in [0.25, 0.3) is 0 Å².